The molecule has 1 aliphatic heterocycles. The minimum Gasteiger partial charge on any atom is -0.484 e. The third kappa shape index (κ3) is 6.33. The average molecular weight is 399 g/mol. The Morgan fingerprint density at radius 1 is 1.33 bits per heavy atom. The number of ether oxygens (including phenoxy) is 2. The second kappa shape index (κ2) is 9.71. The standard InChI is InChI=1S/C20H28ClFN2O3/c1-14-10-17(11-14)26-9-8-24-6-4-15(5-7-24)23-20(25)13-27-16-2-3-18(21)19(22)12-16/h2-3,12,14-15,17H,4-11,13H2,1H3,(H,23,25)/t14-,17+. The Bertz CT molecular complexity index is 632. The highest BCUT2D eigenvalue weighted by Crippen LogP contribution is 2.29. The van der Waals surface area contributed by atoms with E-state index in [1.165, 1.54) is 25.0 Å². The molecule has 1 saturated heterocycles. The van der Waals surface area contributed by atoms with Crippen molar-refractivity contribution in [2.45, 2.75) is 44.8 Å². The molecule has 1 aliphatic carbocycles. The van der Waals surface area contributed by atoms with Crippen LogP contribution in [0.2, 0.25) is 5.02 Å². The fourth-order valence-corrected chi connectivity index (χ4v) is 3.72. The lowest BCUT2D eigenvalue weighted by Crippen LogP contribution is -2.46. The molecule has 27 heavy (non-hydrogen) atoms. The van der Waals surface area contributed by atoms with Crippen LogP contribution in [0.3, 0.4) is 0 Å². The van der Waals surface area contributed by atoms with Crippen LogP contribution in [-0.2, 0) is 9.53 Å². The maximum Gasteiger partial charge on any atom is 0.258 e. The molecule has 2 fully saturated rings. The minimum absolute atomic E-state index is 0.0335. The predicted molar refractivity (Wildman–Crippen MR) is 103 cm³/mol. The first-order valence-corrected chi connectivity index (χ1v) is 10.1. The fraction of sp³-hybridized carbons (Fsp3) is 0.650. The summed E-state index contributed by atoms with van der Waals surface area (Å²) in [5, 5.41) is 3.02. The highest BCUT2D eigenvalue weighted by Gasteiger charge is 2.26. The second-order valence-corrected chi connectivity index (χ2v) is 8.02. The van der Waals surface area contributed by atoms with Gasteiger partial charge in [-0.15, -0.1) is 0 Å². The lowest BCUT2D eigenvalue weighted by molar-refractivity contribution is -0.124. The second-order valence-electron chi connectivity index (χ2n) is 7.62. The number of rotatable bonds is 8. The van der Waals surface area contributed by atoms with Gasteiger partial charge < -0.3 is 19.7 Å². The molecule has 3 rings (SSSR count). The smallest absolute Gasteiger partial charge is 0.258 e. The number of nitrogens with one attached hydrogen (secondary N) is 1. The highest BCUT2D eigenvalue weighted by atomic mass is 35.5. The van der Waals surface area contributed by atoms with Crippen molar-refractivity contribution in [3.63, 3.8) is 0 Å². The van der Waals surface area contributed by atoms with Gasteiger partial charge in [0.15, 0.2) is 6.61 Å². The number of nitrogens with zero attached hydrogens (tertiary/aromatic N) is 1. The van der Waals surface area contributed by atoms with E-state index >= 15 is 0 Å². The van der Waals surface area contributed by atoms with Gasteiger partial charge >= 0.3 is 0 Å². The van der Waals surface area contributed by atoms with Crippen LogP contribution >= 0.6 is 11.6 Å². The molecule has 0 spiro atoms. The van der Waals surface area contributed by atoms with E-state index in [4.69, 9.17) is 21.1 Å². The zero-order chi connectivity index (χ0) is 19.2. The van der Waals surface area contributed by atoms with Crippen molar-refractivity contribution < 1.29 is 18.7 Å². The van der Waals surface area contributed by atoms with Crippen molar-refractivity contribution in [2.75, 3.05) is 32.8 Å². The van der Waals surface area contributed by atoms with Crippen molar-refractivity contribution in [2.24, 2.45) is 5.92 Å². The summed E-state index contributed by atoms with van der Waals surface area (Å²) in [6, 6.07) is 4.30. The molecular formula is C20H28ClFN2O3. The zero-order valence-electron chi connectivity index (χ0n) is 15.8. The van der Waals surface area contributed by atoms with Gasteiger partial charge in [0.05, 0.1) is 17.7 Å². The number of piperidine rings is 1. The molecule has 0 bridgehead atoms. The molecule has 1 heterocycles. The predicted octanol–water partition coefficient (Wildman–Crippen LogP) is 3.25. The summed E-state index contributed by atoms with van der Waals surface area (Å²) in [5.41, 5.74) is 0. The van der Waals surface area contributed by atoms with Crippen LogP contribution in [0.25, 0.3) is 0 Å². The monoisotopic (exact) mass is 398 g/mol. The Balaban J connectivity index is 1.28. The molecule has 0 unspecified atom stereocenters. The van der Waals surface area contributed by atoms with Gasteiger partial charge in [-0.3, -0.25) is 4.79 Å². The van der Waals surface area contributed by atoms with E-state index in [-0.39, 0.29) is 23.6 Å². The molecule has 0 aromatic heterocycles. The summed E-state index contributed by atoms with van der Waals surface area (Å²) in [4.78, 5) is 14.4. The molecule has 1 saturated carbocycles. The van der Waals surface area contributed by atoms with Crippen LogP contribution in [0.1, 0.15) is 32.6 Å². The Labute approximate surface area is 165 Å². The van der Waals surface area contributed by atoms with E-state index in [1.807, 2.05) is 0 Å². The number of likely N-dealkylation sites (tertiary alicyclic amines) is 1. The summed E-state index contributed by atoms with van der Waals surface area (Å²) in [7, 11) is 0. The van der Waals surface area contributed by atoms with Gasteiger partial charge in [0.2, 0.25) is 0 Å². The van der Waals surface area contributed by atoms with E-state index < -0.39 is 5.82 Å². The third-order valence-electron chi connectivity index (χ3n) is 5.31. The molecule has 150 valence electrons. The van der Waals surface area contributed by atoms with Crippen molar-refractivity contribution in [1.82, 2.24) is 10.2 Å². The van der Waals surface area contributed by atoms with E-state index in [9.17, 15) is 9.18 Å². The van der Waals surface area contributed by atoms with Crippen LogP contribution < -0.4 is 10.1 Å². The van der Waals surface area contributed by atoms with Gasteiger partial charge in [0, 0.05) is 31.7 Å². The van der Waals surface area contributed by atoms with E-state index in [2.05, 4.69) is 17.1 Å². The van der Waals surface area contributed by atoms with Crippen LogP contribution in [0.4, 0.5) is 4.39 Å². The number of amides is 1. The molecule has 7 heteroatoms. The number of halogens is 2. The van der Waals surface area contributed by atoms with E-state index in [1.54, 1.807) is 6.07 Å². The quantitative estimate of drug-likeness (QED) is 0.730. The summed E-state index contributed by atoms with van der Waals surface area (Å²) < 4.78 is 24.6. The molecule has 2 aliphatic rings. The number of benzene rings is 1. The molecule has 1 aromatic rings. The first-order chi connectivity index (χ1) is 13.0. The molecule has 1 aromatic carbocycles. The number of hydrogen-bond donors (Lipinski definition) is 1. The summed E-state index contributed by atoms with van der Waals surface area (Å²) in [5.74, 6) is 0.365. The molecule has 1 amide bonds. The van der Waals surface area contributed by atoms with Crippen LogP contribution in [0, 0.1) is 11.7 Å². The Kier molecular flexibility index (Phi) is 7.33. The van der Waals surface area contributed by atoms with Crippen LogP contribution in [0.5, 0.6) is 5.75 Å². The van der Waals surface area contributed by atoms with Crippen molar-refractivity contribution in [3.8, 4) is 5.75 Å². The summed E-state index contributed by atoms with van der Waals surface area (Å²) >= 11 is 5.63. The Morgan fingerprint density at radius 3 is 2.74 bits per heavy atom. The molecule has 0 radical (unpaired) electrons. The Morgan fingerprint density at radius 2 is 2.07 bits per heavy atom. The fourth-order valence-electron chi connectivity index (χ4n) is 3.60. The summed E-state index contributed by atoms with van der Waals surface area (Å²) in [6.45, 7) is 5.79. The minimum atomic E-state index is -0.558. The first kappa shape index (κ1) is 20.4. The lowest BCUT2D eigenvalue weighted by atomic mass is 9.84. The summed E-state index contributed by atoms with van der Waals surface area (Å²) in [6.07, 6.45) is 4.69. The zero-order valence-corrected chi connectivity index (χ0v) is 16.5. The van der Waals surface area contributed by atoms with Crippen molar-refractivity contribution in [1.29, 1.82) is 0 Å². The van der Waals surface area contributed by atoms with Crippen LogP contribution in [0.15, 0.2) is 18.2 Å². The molecule has 0 atom stereocenters. The molecule has 5 nitrogen and oxygen atoms in total. The topological polar surface area (TPSA) is 50.8 Å². The van der Waals surface area contributed by atoms with Gasteiger partial charge in [-0.25, -0.2) is 4.39 Å². The van der Waals surface area contributed by atoms with Gasteiger partial charge in [-0.2, -0.15) is 0 Å². The number of carbonyl (C=O) groups excluding carboxylic acids is 1. The van der Waals surface area contributed by atoms with Gasteiger partial charge in [0.25, 0.3) is 5.91 Å². The SMILES string of the molecule is C[C@H]1C[C@@H](OCCN2CCC(NC(=O)COc3ccc(Cl)c(F)c3)CC2)C1. The van der Waals surface area contributed by atoms with Crippen molar-refractivity contribution in [3.05, 3.63) is 29.0 Å². The van der Waals surface area contributed by atoms with Crippen molar-refractivity contribution >= 4 is 17.5 Å². The molecular weight excluding hydrogens is 371 g/mol. The average Bonchev–Trinajstić information content (AvgIpc) is 2.62. The largest absolute Gasteiger partial charge is 0.484 e. The first-order valence-electron chi connectivity index (χ1n) is 9.71. The number of carbonyl (C=O) groups is 1. The van der Waals surface area contributed by atoms with Gasteiger partial charge in [0.1, 0.15) is 11.6 Å². The maximum atomic E-state index is 13.4. The van der Waals surface area contributed by atoms with Gasteiger partial charge in [-0.05, 0) is 43.7 Å². The normalized spacial score (nSPS) is 23.7. The van der Waals surface area contributed by atoms with E-state index in [0.29, 0.717) is 11.9 Å². The van der Waals surface area contributed by atoms with Gasteiger partial charge in [-0.1, -0.05) is 18.5 Å². The lowest BCUT2D eigenvalue weighted by Gasteiger charge is -2.35. The third-order valence-corrected chi connectivity index (χ3v) is 5.61. The number of hydrogen-bond acceptors (Lipinski definition) is 4. The van der Waals surface area contributed by atoms with Crippen LogP contribution in [-0.4, -0.2) is 55.8 Å². The van der Waals surface area contributed by atoms with E-state index in [0.717, 1.165) is 45.0 Å². The Hall–Kier alpha value is -1.37. The molecule has 1 N–H and O–H groups in total. The maximum absolute atomic E-state index is 13.4. The highest BCUT2D eigenvalue weighted by molar-refractivity contribution is 6.30.